The van der Waals surface area contributed by atoms with Crippen LogP contribution >= 0.6 is 11.6 Å². The number of hydrogen-bond acceptors (Lipinski definition) is 3. The largest absolute Gasteiger partial charge is 0.480 e. The van der Waals surface area contributed by atoms with Crippen LogP contribution in [0.2, 0.25) is 5.02 Å². The molecule has 0 spiro atoms. The van der Waals surface area contributed by atoms with E-state index in [1.54, 1.807) is 18.2 Å². The summed E-state index contributed by atoms with van der Waals surface area (Å²) >= 11 is 5.70. The number of hydrogen-bond donors (Lipinski definition) is 3. The van der Waals surface area contributed by atoms with E-state index in [0.717, 1.165) is 5.56 Å². The number of anilines is 1. The van der Waals surface area contributed by atoms with Gasteiger partial charge in [0.05, 0.1) is 5.02 Å². The number of halogens is 1. The van der Waals surface area contributed by atoms with Crippen molar-refractivity contribution in [2.75, 3.05) is 5.32 Å². The lowest BCUT2D eigenvalue weighted by atomic mass is 10.1. The van der Waals surface area contributed by atoms with Gasteiger partial charge in [-0.25, -0.2) is 14.6 Å². The minimum atomic E-state index is -1.11. The van der Waals surface area contributed by atoms with Crippen molar-refractivity contribution in [1.29, 1.82) is 0 Å². The van der Waals surface area contributed by atoms with E-state index < -0.39 is 18.0 Å². The number of nitrogens with zero attached hydrogens (tertiary/aromatic N) is 1. The lowest BCUT2D eigenvalue weighted by Crippen LogP contribution is -2.44. The maximum Gasteiger partial charge on any atom is 0.326 e. The molecule has 0 unspecified atom stereocenters. The van der Waals surface area contributed by atoms with Gasteiger partial charge in [-0.05, 0) is 17.7 Å². The first-order valence-electron chi connectivity index (χ1n) is 6.50. The number of carboxylic acid groups (broad SMARTS) is 1. The SMILES string of the molecule is O=C(Nc1ccc(Cl)cn1)N[C@H](Cc1ccccc1)C(=O)O. The fraction of sp³-hybridized carbons (Fsp3) is 0.133. The number of urea groups is 1. The lowest BCUT2D eigenvalue weighted by Gasteiger charge is -2.15. The minimum Gasteiger partial charge on any atom is -0.480 e. The quantitative estimate of drug-likeness (QED) is 0.789. The molecule has 7 heteroatoms. The van der Waals surface area contributed by atoms with Gasteiger partial charge in [-0.1, -0.05) is 41.9 Å². The van der Waals surface area contributed by atoms with E-state index in [4.69, 9.17) is 11.6 Å². The fourth-order valence-electron chi connectivity index (χ4n) is 1.81. The number of rotatable bonds is 5. The number of aliphatic carboxylic acids is 1. The van der Waals surface area contributed by atoms with E-state index >= 15 is 0 Å². The first kappa shape index (κ1) is 15.8. The molecule has 1 heterocycles. The molecular formula is C15H14ClN3O3. The Balaban J connectivity index is 1.97. The highest BCUT2D eigenvalue weighted by molar-refractivity contribution is 6.30. The summed E-state index contributed by atoms with van der Waals surface area (Å²) in [5, 5.41) is 14.5. The molecule has 1 atom stereocenters. The van der Waals surface area contributed by atoms with Gasteiger partial charge < -0.3 is 10.4 Å². The van der Waals surface area contributed by atoms with Crippen molar-refractivity contribution in [3.63, 3.8) is 0 Å². The van der Waals surface area contributed by atoms with Crippen LogP contribution in [-0.2, 0) is 11.2 Å². The van der Waals surface area contributed by atoms with Crippen LogP contribution in [0.1, 0.15) is 5.56 Å². The van der Waals surface area contributed by atoms with Crippen LogP contribution in [0.5, 0.6) is 0 Å². The van der Waals surface area contributed by atoms with Crippen LogP contribution in [0, 0.1) is 0 Å². The number of carbonyl (C=O) groups is 2. The van der Waals surface area contributed by atoms with Crippen LogP contribution in [0.25, 0.3) is 0 Å². The van der Waals surface area contributed by atoms with Gasteiger partial charge in [-0.2, -0.15) is 0 Å². The Hall–Kier alpha value is -2.60. The predicted octanol–water partition coefficient (Wildman–Crippen LogP) is 2.55. The third-order valence-electron chi connectivity index (χ3n) is 2.86. The summed E-state index contributed by atoms with van der Waals surface area (Å²) in [6.07, 6.45) is 1.58. The Labute approximate surface area is 132 Å². The minimum absolute atomic E-state index is 0.192. The molecule has 0 saturated carbocycles. The molecule has 0 aliphatic heterocycles. The number of benzene rings is 1. The van der Waals surface area contributed by atoms with Crippen molar-refractivity contribution >= 4 is 29.4 Å². The highest BCUT2D eigenvalue weighted by Gasteiger charge is 2.20. The number of amides is 2. The van der Waals surface area contributed by atoms with E-state index in [1.807, 2.05) is 18.2 Å². The smallest absolute Gasteiger partial charge is 0.326 e. The Morgan fingerprint density at radius 2 is 1.91 bits per heavy atom. The Morgan fingerprint density at radius 3 is 2.50 bits per heavy atom. The number of aromatic nitrogens is 1. The third kappa shape index (κ3) is 4.75. The van der Waals surface area contributed by atoms with Gasteiger partial charge in [-0.3, -0.25) is 5.32 Å². The lowest BCUT2D eigenvalue weighted by molar-refractivity contribution is -0.139. The Kier molecular flexibility index (Phi) is 5.32. The summed E-state index contributed by atoms with van der Waals surface area (Å²) in [6, 6.07) is 10.5. The van der Waals surface area contributed by atoms with Crippen molar-refractivity contribution in [1.82, 2.24) is 10.3 Å². The van der Waals surface area contributed by atoms with Gasteiger partial charge in [0, 0.05) is 12.6 Å². The number of carboxylic acids is 1. The molecule has 114 valence electrons. The molecule has 2 rings (SSSR count). The molecule has 0 radical (unpaired) electrons. The molecule has 2 amide bonds. The Morgan fingerprint density at radius 1 is 1.18 bits per heavy atom. The number of nitrogens with one attached hydrogen (secondary N) is 2. The second-order valence-electron chi connectivity index (χ2n) is 4.54. The van der Waals surface area contributed by atoms with Gasteiger partial charge in [0.15, 0.2) is 0 Å². The van der Waals surface area contributed by atoms with Crippen LogP contribution in [0.4, 0.5) is 10.6 Å². The molecule has 22 heavy (non-hydrogen) atoms. The second-order valence-corrected chi connectivity index (χ2v) is 4.98. The van der Waals surface area contributed by atoms with Gasteiger partial charge in [0.2, 0.25) is 0 Å². The summed E-state index contributed by atoms with van der Waals surface area (Å²) in [5.41, 5.74) is 0.819. The summed E-state index contributed by atoms with van der Waals surface area (Å²) in [5.74, 6) is -0.825. The van der Waals surface area contributed by atoms with Crippen LogP contribution in [-0.4, -0.2) is 28.1 Å². The molecule has 2 aromatic rings. The summed E-state index contributed by atoms with van der Waals surface area (Å²) in [7, 11) is 0. The Bertz CT molecular complexity index is 647. The molecule has 6 nitrogen and oxygen atoms in total. The first-order chi connectivity index (χ1) is 10.5. The van der Waals surface area contributed by atoms with E-state index in [2.05, 4.69) is 15.6 Å². The number of pyridine rings is 1. The van der Waals surface area contributed by atoms with Crippen molar-refractivity contribution < 1.29 is 14.7 Å². The maximum absolute atomic E-state index is 11.8. The highest BCUT2D eigenvalue weighted by Crippen LogP contribution is 2.09. The van der Waals surface area contributed by atoms with Crippen LogP contribution < -0.4 is 10.6 Å². The van der Waals surface area contributed by atoms with Crippen molar-refractivity contribution in [2.45, 2.75) is 12.5 Å². The first-order valence-corrected chi connectivity index (χ1v) is 6.88. The zero-order valence-corrected chi connectivity index (χ0v) is 12.2. The van der Waals surface area contributed by atoms with Crippen molar-refractivity contribution in [2.24, 2.45) is 0 Å². The van der Waals surface area contributed by atoms with E-state index in [-0.39, 0.29) is 12.2 Å². The second kappa shape index (κ2) is 7.42. The van der Waals surface area contributed by atoms with E-state index in [0.29, 0.717) is 5.02 Å². The normalized spacial score (nSPS) is 11.5. The van der Waals surface area contributed by atoms with Crippen molar-refractivity contribution in [3.8, 4) is 0 Å². The van der Waals surface area contributed by atoms with Crippen LogP contribution in [0.15, 0.2) is 48.7 Å². The fourth-order valence-corrected chi connectivity index (χ4v) is 1.92. The topological polar surface area (TPSA) is 91.3 Å². The summed E-state index contributed by atoms with van der Waals surface area (Å²) in [6.45, 7) is 0. The van der Waals surface area contributed by atoms with Crippen molar-refractivity contribution in [3.05, 3.63) is 59.2 Å². The highest BCUT2D eigenvalue weighted by atomic mass is 35.5. The molecule has 1 aromatic heterocycles. The number of carbonyl (C=O) groups excluding carboxylic acids is 1. The maximum atomic E-state index is 11.8. The zero-order valence-electron chi connectivity index (χ0n) is 11.5. The van der Waals surface area contributed by atoms with E-state index in [9.17, 15) is 14.7 Å². The monoisotopic (exact) mass is 319 g/mol. The van der Waals surface area contributed by atoms with Gasteiger partial charge in [0.25, 0.3) is 0 Å². The van der Waals surface area contributed by atoms with E-state index in [1.165, 1.54) is 12.3 Å². The summed E-state index contributed by atoms with van der Waals surface area (Å²) in [4.78, 5) is 27.0. The predicted molar refractivity (Wildman–Crippen MR) is 83.0 cm³/mol. The molecule has 0 saturated heterocycles. The van der Waals surface area contributed by atoms with Gasteiger partial charge in [-0.15, -0.1) is 0 Å². The average Bonchev–Trinajstić information content (AvgIpc) is 2.50. The van der Waals surface area contributed by atoms with Gasteiger partial charge in [0.1, 0.15) is 11.9 Å². The zero-order chi connectivity index (χ0) is 15.9. The molecule has 0 aliphatic carbocycles. The average molecular weight is 320 g/mol. The third-order valence-corrected chi connectivity index (χ3v) is 3.08. The molecule has 0 bridgehead atoms. The molecule has 1 aromatic carbocycles. The molecule has 0 fully saturated rings. The van der Waals surface area contributed by atoms with Crippen LogP contribution in [0.3, 0.4) is 0 Å². The molecule has 3 N–H and O–H groups in total. The van der Waals surface area contributed by atoms with Gasteiger partial charge >= 0.3 is 12.0 Å². The standard InChI is InChI=1S/C15H14ClN3O3/c16-11-6-7-13(17-9-11)19-15(22)18-12(14(20)21)8-10-4-2-1-3-5-10/h1-7,9,12H,8H2,(H,20,21)(H2,17,18,19,22)/t12-/m1/s1. The molecular weight excluding hydrogens is 306 g/mol. The molecule has 0 aliphatic rings. The summed E-state index contributed by atoms with van der Waals surface area (Å²) < 4.78 is 0.